The molecule has 0 radical (unpaired) electrons. The van der Waals surface area contributed by atoms with E-state index in [2.05, 4.69) is 24.8 Å². The summed E-state index contributed by atoms with van der Waals surface area (Å²) in [5, 5.41) is 9.16. The second-order valence-electron chi connectivity index (χ2n) is 10.6. The van der Waals surface area contributed by atoms with Gasteiger partial charge >= 0.3 is 5.97 Å². The first-order valence-electron chi connectivity index (χ1n) is 14.2. The van der Waals surface area contributed by atoms with E-state index in [0.717, 1.165) is 37.3 Å². The molecule has 8 nitrogen and oxygen atoms in total. The molecule has 39 heavy (non-hydrogen) atoms. The molecule has 1 aromatic carbocycles. The predicted molar refractivity (Wildman–Crippen MR) is 154 cm³/mol. The summed E-state index contributed by atoms with van der Waals surface area (Å²) in [6.07, 6.45) is 10.8. The number of amides is 2. The third-order valence-electron chi connectivity index (χ3n) is 8.45. The maximum absolute atomic E-state index is 14.4. The molecule has 1 unspecified atom stereocenters. The zero-order valence-corrected chi connectivity index (χ0v) is 23.6. The smallest absolute Gasteiger partial charge is 0.311 e. The van der Waals surface area contributed by atoms with Gasteiger partial charge in [-0.3, -0.25) is 14.4 Å². The first kappa shape index (κ1) is 27.8. The summed E-state index contributed by atoms with van der Waals surface area (Å²) in [5.74, 6) is -1.96. The van der Waals surface area contributed by atoms with Crippen LogP contribution < -0.4 is 9.80 Å². The van der Waals surface area contributed by atoms with Crippen LogP contribution in [0.15, 0.2) is 48.6 Å². The lowest BCUT2D eigenvalue weighted by molar-refractivity contribution is -0.153. The highest BCUT2D eigenvalue weighted by atomic mass is 32.2. The number of benzene rings is 1. The van der Waals surface area contributed by atoms with Crippen LogP contribution in [0, 0.1) is 11.8 Å². The van der Waals surface area contributed by atoms with Gasteiger partial charge in [0.2, 0.25) is 5.91 Å². The average Bonchev–Trinajstić information content (AvgIpc) is 3.35. The van der Waals surface area contributed by atoms with E-state index < -0.39 is 22.6 Å². The topological polar surface area (TPSA) is 90.4 Å². The fourth-order valence-corrected chi connectivity index (χ4v) is 8.55. The fraction of sp³-hybridized carbons (Fsp3) is 0.567. The Hall–Kier alpha value is -2.78. The van der Waals surface area contributed by atoms with Gasteiger partial charge in [0.05, 0.1) is 23.2 Å². The molecule has 210 valence electrons. The molecule has 4 aliphatic rings. The molecule has 0 bridgehead atoms. The summed E-state index contributed by atoms with van der Waals surface area (Å²) >= 11 is 1.57. The molecule has 2 fully saturated rings. The van der Waals surface area contributed by atoms with Gasteiger partial charge in [-0.2, -0.15) is 0 Å². The van der Waals surface area contributed by atoms with E-state index in [4.69, 9.17) is 4.74 Å². The SMILES string of the molecule is CCN(CC)c1ccc(N2CC=C[C@]34S[C@@H]5/C=C\CCCOC(=O)[C@@H]5[C@H]3C(=O)N(CCCCO)C4C2=O)cc1. The van der Waals surface area contributed by atoms with Crippen LogP contribution in [0.2, 0.25) is 0 Å². The molecular weight excluding hydrogens is 514 g/mol. The maximum atomic E-state index is 14.4. The molecule has 9 heteroatoms. The standard InChI is InChI=1S/C30H39N3O5S/c1-3-31(4-2)21-12-14-22(15-13-21)32-18-10-16-30-25(24-23(39-30)11-6-5-9-20-38-29(24)37)27(35)33(17-7-8-19-34)26(30)28(32)36/h6,10-16,23-26,34H,3-5,7-9,17-20H2,1-2H3/b11-6-/t23-,24+,25+,26?,30+/m1/s1. The van der Waals surface area contributed by atoms with Crippen molar-refractivity contribution in [3.63, 3.8) is 0 Å². The molecule has 0 saturated carbocycles. The molecule has 5 atom stereocenters. The summed E-state index contributed by atoms with van der Waals surface area (Å²) in [4.78, 5) is 47.6. The Labute approximate surface area is 235 Å². The zero-order chi connectivity index (χ0) is 27.6. The van der Waals surface area contributed by atoms with Crippen LogP contribution in [0.5, 0.6) is 0 Å². The molecule has 1 aromatic rings. The summed E-state index contributed by atoms with van der Waals surface area (Å²) in [6, 6.07) is 7.29. The largest absolute Gasteiger partial charge is 0.465 e. The predicted octanol–water partition coefficient (Wildman–Crippen LogP) is 3.40. The van der Waals surface area contributed by atoms with Crippen molar-refractivity contribution >= 4 is 40.9 Å². The van der Waals surface area contributed by atoms with Crippen LogP contribution in [-0.4, -0.2) is 83.2 Å². The summed E-state index contributed by atoms with van der Waals surface area (Å²) < 4.78 is 4.76. The quantitative estimate of drug-likeness (QED) is 0.300. The number of allylic oxidation sites excluding steroid dienone is 1. The molecule has 0 aromatic heterocycles. The summed E-state index contributed by atoms with van der Waals surface area (Å²) in [5.41, 5.74) is 1.89. The first-order valence-corrected chi connectivity index (χ1v) is 15.1. The van der Waals surface area contributed by atoms with Crippen molar-refractivity contribution in [2.75, 3.05) is 49.2 Å². The van der Waals surface area contributed by atoms with Crippen molar-refractivity contribution in [1.82, 2.24) is 4.90 Å². The van der Waals surface area contributed by atoms with Gasteiger partial charge in [-0.1, -0.05) is 24.3 Å². The van der Waals surface area contributed by atoms with Crippen LogP contribution in [0.25, 0.3) is 0 Å². The lowest BCUT2D eigenvalue weighted by Crippen LogP contribution is -2.53. The van der Waals surface area contributed by atoms with Crippen LogP contribution >= 0.6 is 11.8 Å². The molecule has 0 aliphatic carbocycles. The van der Waals surface area contributed by atoms with Gasteiger partial charge in [-0.25, -0.2) is 0 Å². The minimum absolute atomic E-state index is 0.0245. The number of esters is 1. The number of nitrogens with zero attached hydrogens (tertiary/aromatic N) is 3. The number of aliphatic hydroxyl groups excluding tert-OH is 1. The van der Waals surface area contributed by atoms with Crippen molar-refractivity contribution in [2.24, 2.45) is 11.8 Å². The number of anilines is 2. The van der Waals surface area contributed by atoms with Crippen LogP contribution in [-0.2, 0) is 19.1 Å². The molecule has 5 rings (SSSR count). The Bertz CT molecular complexity index is 1130. The molecular formula is C30H39N3O5S. The Morgan fingerprint density at radius 1 is 1.08 bits per heavy atom. The van der Waals surface area contributed by atoms with Gasteiger partial charge in [-0.15, -0.1) is 11.8 Å². The number of fused-ring (bicyclic) bond motifs is 2. The van der Waals surface area contributed by atoms with Gasteiger partial charge in [-0.05, 0) is 63.8 Å². The molecule has 1 N–H and O–H groups in total. The number of thioether (sulfide) groups is 1. The second-order valence-corrected chi connectivity index (χ2v) is 12.1. The number of ether oxygens (including phenoxy) is 1. The Balaban J connectivity index is 1.53. The number of hydrogen-bond acceptors (Lipinski definition) is 7. The number of unbranched alkanes of at least 4 members (excludes halogenated alkanes) is 1. The number of hydrogen-bond donors (Lipinski definition) is 1. The number of rotatable bonds is 8. The zero-order valence-electron chi connectivity index (χ0n) is 22.8. The van der Waals surface area contributed by atoms with Gasteiger partial charge in [0.15, 0.2) is 0 Å². The highest BCUT2D eigenvalue weighted by molar-refractivity contribution is 8.02. The Morgan fingerprint density at radius 2 is 1.85 bits per heavy atom. The minimum Gasteiger partial charge on any atom is -0.465 e. The fourth-order valence-electron chi connectivity index (χ4n) is 6.55. The van der Waals surface area contributed by atoms with Crippen molar-refractivity contribution in [3.8, 4) is 0 Å². The van der Waals surface area contributed by atoms with E-state index in [1.54, 1.807) is 21.6 Å². The number of cyclic esters (lactones) is 1. The van der Waals surface area contributed by atoms with Crippen molar-refractivity contribution < 1.29 is 24.2 Å². The number of likely N-dealkylation sites (tertiary alicyclic amines) is 1. The average molecular weight is 554 g/mol. The molecule has 2 amide bonds. The Morgan fingerprint density at radius 3 is 2.56 bits per heavy atom. The van der Waals surface area contributed by atoms with Crippen LogP contribution in [0.3, 0.4) is 0 Å². The first-order chi connectivity index (χ1) is 19.0. The monoisotopic (exact) mass is 553 g/mol. The van der Waals surface area contributed by atoms with Crippen molar-refractivity contribution in [2.45, 2.75) is 55.6 Å². The van der Waals surface area contributed by atoms with Crippen molar-refractivity contribution in [1.29, 1.82) is 0 Å². The van der Waals surface area contributed by atoms with Crippen molar-refractivity contribution in [3.05, 3.63) is 48.6 Å². The van der Waals surface area contributed by atoms with E-state index in [-0.39, 0.29) is 29.6 Å². The van der Waals surface area contributed by atoms with E-state index in [9.17, 15) is 19.5 Å². The second kappa shape index (κ2) is 11.8. The van der Waals surface area contributed by atoms with E-state index in [1.807, 2.05) is 42.5 Å². The third-order valence-corrected chi connectivity index (χ3v) is 10.2. The normalized spacial score (nSPS) is 31.0. The lowest BCUT2D eigenvalue weighted by Gasteiger charge is -2.35. The maximum Gasteiger partial charge on any atom is 0.311 e. The molecule has 1 spiro atoms. The van der Waals surface area contributed by atoms with E-state index in [0.29, 0.717) is 32.5 Å². The van der Waals surface area contributed by atoms with E-state index in [1.165, 1.54) is 0 Å². The molecule has 4 heterocycles. The highest BCUT2D eigenvalue weighted by Gasteiger charge is 2.70. The number of carbonyl (C=O) groups is 3. The van der Waals surface area contributed by atoms with Gasteiger partial charge in [0.1, 0.15) is 6.04 Å². The van der Waals surface area contributed by atoms with Gasteiger partial charge < -0.3 is 24.5 Å². The lowest BCUT2D eigenvalue weighted by atomic mass is 9.78. The summed E-state index contributed by atoms with van der Waals surface area (Å²) in [7, 11) is 0. The van der Waals surface area contributed by atoms with Gasteiger partial charge in [0.25, 0.3) is 5.91 Å². The molecule has 4 aliphatic heterocycles. The number of aliphatic hydroxyl groups is 1. The van der Waals surface area contributed by atoms with Gasteiger partial charge in [0, 0.05) is 49.4 Å². The Kier molecular flexibility index (Phi) is 8.38. The molecule has 2 saturated heterocycles. The van der Waals surface area contributed by atoms with E-state index >= 15 is 0 Å². The summed E-state index contributed by atoms with van der Waals surface area (Å²) in [6.45, 7) is 7.14. The van der Waals surface area contributed by atoms with Crippen LogP contribution in [0.4, 0.5) is 11.4 Å². The highest BCUT2D eigenvalue weighted by Crippen LogP contribution is 2.60. The van der Waals surface area contributed by atoms with Crippen LogP contribution in [0.1, 0.15) is 39.5 Å². The third kappa shape index (κ3) is 4.88. The minimum atomic E-state index is -0.860. The number of carbonyl (C=O) groups excluding carboxylic acids is 3.